The van der Waals surface area contributed by atoms with Crippen molar-refractivity contribution in [2.75, 3.05) is 18.5 Å². The van der Waals surface area contributed by atoms with Crippen LogP contribution in [-0.4, -0.2) is 30.1 Å². The van der Waals surface area contributed by atoms with E-state index in [1.807, 2.05) is 61.5 Å². The molecule has 1 amide bonds. The van der Waals surface area contributed by atoms with E-state index < -0.39 is 0 Å². The van der Waals surface area contributed by atoms with Crippen LogP contribution in [0.1, 0.15) is 24.3 Å². The van der Waals surface area contributed by atoms with Crippen molar-refractivity contribution in [2.45, 2.75) is 26.7 Å². The number of nitrogens with one attached hydrogen (secondary N) is 1. The van der Waals surface area contributed by atoms with Crippen LogP contribution in [0.25, 0.3) is 11.3 Å². The molecule has 3 rings (SSSR count). The van der Waals surface area contributed by atoms with E-state index in [9.17, 15) is 9.59 Å². The van der Waals surface area contributed by atoms with E-state index in [1.165, 1.54) is 11.3 Å². The molecule has 156 valence electrons. The zero-order valence-electron chi connectivity index (χ0n) is 17.0. The Kier molecular flexibility index (Phi) is 7.57. The van der Waals surface area contributed by atoms with Crippen LogP contribution in [-0.2, 0) is 27.2 Å². The van der Waals surface area contributed by atoms with Crippen LogP contribution < -0.4 is 10.1 Å². The van der Waals surface area contributed by atoms with E-state index in [-0.39, 0.29) is 24.7 Å². The van der Waals surface area contributed by atoms with Crippen molar-refractivity contribution in [3.05, 3.63) is 65.0 Å². The molecule has 30 heavy (non-hydrogen) atoms. The lowest BCUT2D eigenvalue weighted by atomic mass is 10.1. The Morgan fingerprint density at radius 2 is 1.70 bits per heavy atom. The molecule has 0 fully saturated rings. The molecule has 0 saturated carbocycles. The van der Waals surface area contributed by atoms with Crippen molar-refractivity contribution >= 4 is 28.3 Å². The summed E-state index contributed by atoms with van der Waals surface area (Å²) in [5, 5.41) is 3.31. The first kappa shape index (κ1) is 21.5. The molecular weight excluding hydrogens is 400 g/mol. The van der Waals surface area contributed by atoms with E-state index in [2.05, 4.69) is 10.3 Å². The molecule has 1 aromatic heterocycles. The number of esters is 1. The Hall–Kier alpha value is -3.19. The molecule has 0 bridgehead atoms. The number of anilines is 1. The van der Waals surface area contributed by atoms with Crippen molar-refractivity contribution < 1.29 is 19.1 Å². The van der Waals surface area contributed by atoms with Gasteiger partial charge in [0.05, 0.1) is 31.7 Å². The van der Waals surface area contributed by atoms with Gasteiger partial charge in [-0.1, -0.05) is 42.5 Å². The number of benzene rings is 2. The molecule has 0 aliphatic rings. The van der Waals surface area contributed by atoms with Gasteiger partial charge in [0.1, 0.15) is 5.75 Å². The highest BCUT2D eigenvalue weighted by Gasteiger charge is 2.18. The molecule has 2 aromatic carbocycles. The standard InChI is InChI=1S/C23H24N2O4S/c1-3-28-18-12-10-16(11-13-18)14-20(26)24-23-25-22(17-8-6-5-7-9-17)19(30-23)15-21(27)29-4-2/h5-13H,3-4,14-15H2,1-2H3,(H,24,25,26). The van der Waals surface area contributed by atoms with Gasteiger partial charge in [0.2, 0.25) is 5.91 Å². The Bertz CT molecular complexity index is 984. The summed E-state index contributed by atoms with van der Waals surface area (Å²) in [5.74, 6) is 0.290. The lowest BCUT2D eigenvalue weighted by Crippen LogP contribution is -2.14. The van der Waals surface area contributed by atoms with Gasteiger partial charge in [0.15, 0.2) is 5.13 Å². The minimum atomic E-state index is -0.314. The number of carbonyl (C=O) groups is 2. The second-order valence-electron chi connectivity index (χ2n) is 6.44. The lowest BCUT2D eigenvalue weighted by molar-refractivity contribution is -0.142. The Balaban J connectivity index is 1.74. The number of amides is 1. The third-order valence-corrected chi connectivity index (χ3v) is 5.17. The Labute approximate surface area is 179 Å². The quantitative estimate of drug-likeness (QED) is 0.512. The van der Waals surface area contributed by atoms with Gasteiger partial charge in [0.25, 0.3) is 0 Å². The Morgan fingerprint density at radius 1 is 0.967 bits per heavy atom. The summed E-state index contributed by atoms with van der Waals surface area (Å²) >= 11 is 1.29. The largest absolute Gasteiger partial charge is 0.494 e. The van der Waals surface area contributed by atoms with Gasteiger partial charge >= 0.3 is 5.97 Å². The molecule has 7 heteroatoms. The van der Waals surface area contributed by atoms with Gasteiger partial charge in [-0.05, 0) is 31.5 Å². The van der Waals surface area contributed by atoms with Gasteiger partial charge in [-0.2, -0.15) is 0 Å². The van der Waals surface area contributed by atoms with Crippen molar-refractivity contribution in [2.24, 2.45) is 0 Å². The fourth-order valence-electron chi connectivity index (χ4n) is 2.91. The van der Waals surface area contributed by atoms with Crippen molar-refractivity contribution in [3.63, 3.8) is 0 Å². The minimum Gasteiger partial charge on any atom is -0.494 e. The fourth-order valence-corrected chi connectivity index (χ4v) is 3.89. The molecule has 6 nitrogen and oxygen atoms in total. The molecule has 1 N–H and O–H groups in total. The van der Waals surface area contributed by atoms with Crippen LogP contribution in [0.15, 0.2) is 54.6 Å². The SMILES string of the molecule is CCOC(=O)Cc1sc(NC(=O)Cc2ccc(OCC)cc2)nc1-c1ccccc1. The van der Waals surface area contributed by atoms with Crippen molar-refractivity contribution in [3.8, 4) is 17.0 Å². The molecule has 0 aliphatic carbocycles. The normalized spacial score (nSPS) is 10.5. The number of nitrogens with zero attached hydrogens (tertiary/aromatic N) is 1. The highest BCUT2D eigenvalue weighted by molar-refractivity contribution is 7.16. The second kappa shape index (κ2) is 10.5. The number of thiazole rings is 1. The molecule has 0 radical (unpaired) electrons. The summed E-state index contributed by atoms with van der Waals surface area (Å²) in [6.07, 6.45) is 0.338. The number of ether oxygens (including phenoxy) is 2. The summed E-state index contributed by atoms with van der Waals surface area (Å²) in [4.78, 5) is 29.8. The minimum absolute atomic E-state index is 0.116. The fraction of sp³-hybridized carbons (Fsp3) is 0.261. The van der Waals surface area contributed by atoms with Crippen LogP contribution in [0.3, 0.4) is 0 Å². The highest BCUT2D eigenvalue weighted by Crippen LogP contribution is 2.32. The van der Waals surface area contributed by atoms with Gasteiger partial charge in [0, 0.05) is 10.4 Å². The number of hydrogen-bond acceptors (Lipinski definition) is 6. The summed E-state index contributed by atoms with van der Waals surface area (Å²) in [5.41, 5.74) is 2.45. The zero-order valence-corrected chi connectivity index (χ0v) is 17.8. The van der Waals surface area contributed by atoms with Crippen LogP contribution in [0.5, 0.6) is 5.75 Å². The third kappa shape index (κ3) is 5.90. The van der Waals surface area contributed by atoms with Gasteiger partial charge < -0.3 is 14.8 Å². The topological polar surface area (TPSA) is 77.5 Å². The summed E-state index contributed by atoms with van der Waals surface area (Å²) in [6.45, 7) is 4.62. The summed E-state index contributed by atoms with van der Waals surface area (Å²) in [6, 6.07) is 17.0. The Morgan fingerprint density at radius 3 is 2.37 bits per heavy atom. The van der Waals surface area contributed by atoms with E-state index in [4.69, 9.17) is 9.47 Å². The number of hydrogen-bond donors (Lipinski definition) is 1. The maximum absolute atomic E-state index is 12.5. The summed E-state index contributed by atoms with van der Waals surface area (Å²) in [7, 11) is 0. The third-order valence-electron chi connectivity index (χ3n) is 4.20. The van der Waals surface area contributed by atoms with Crippen LogP contribution in [0, 0.1) is 0 Å². The van der Waals surface area contributed by atoms with Crippen LogP contribution >= 0.6 is 11.3 Å². The first-order valence-electron chi connectivity index (χ1n) is 9.81. The number of rotatable bonds is 9. The molecule has 0 spiro atoms. The van der Waals surface area contributed by atoms with Gasteiger partial charge in [-0.3, -0.25) is 9.59 Å². The average molecular weight is 425 g/mol. The maximum atomic E-state index is 12.5. The highest BCUT2D eigenvalue weighted by atomic mass is 32.1. The van der Waals surface area contributed by atoms with E-state index >= 15 is 0 Å². The van der Waals surface area contributed by atoms with Crippen molar-refractivity contribution in [1.29, 1.82) is 0 Å². The van der Waals surface area contributed by atoms with E-state index in [0.717, 1.165) is 21.8 Å². The lowest BCUT2D eigenvalue weighted by Gasteiger charge is -2.05. The second-order valence-corrected chi connectivity index (χ2v) is 7.52. The van der Waals surface area contributed by atoms with Crippen LogP contribution in [0.4, 0.5) is 5.13 Å². The summed E-state index contributed by atoms with van der Waals surface area (Å²) < 4.78 is 10.5. The first-order valence-corrected chi connectivity index (χ1v) is 10.6. The molecule has 1 heterocycles. The van der Waals surface area contributed by atoms with E-state index in [1.54, 1.807) is 6.92 Å². The predicted octanol–water partition coefficient (Wildman–Crippen LogP) is 4.50. The zero-order chi connectivity index (χ0) is 21.3. The van der Waals surface area contributed by atoms with Gasteiger partial charge in [-0.15, -0.1) is 11.3 Å². The number of carbonyl (C=O) groups excluding carboxylic acids is 2. The average Bonchev–Trinajstić information content (AvgIpc) is 3.12. The predicted molar refractivity (Wildman–Crippen MR) is 118 cm³/mol. The van der Waals surface area contributed by atoms with Crippen LogP contribution in [0.2, 0.25) is 0 Å². The molecule has 0 unspecified atom stereocenters. The molecule has 0 aliphatic heterocycles. The van der Waals surface area contributed by atoms with Crippen molar-refractivity contribution in [1.82, 2.24) is 4.98 Å². The molecule has 0 saturated heterocycles. The maximum Gasteiger partial charge on any atom is 0.311 e. The first-order chi connectivity index (χ1) is 14.6. The molecule has 0 atom stereocenters. The smallest absolute Gasteiger partial charge is 0.311 e. The van der Waals surface area contributed by atoms with Gasteiger partial charge in [-0.25, -0.2) is 4.98 Å². The monoisotopic (exact) mass is 424 g/mol. The molecular formula is C23H24N2O4S. The van der Waals surface area contributed by atoms with E-state index in [0.29, 0.717) is 24.0 Å². The number of aromatic nitrogens is 1. The molecule has 3 aromatic rings.